The number of aliphatic hydroxyl groups is 1. The fourth-order valence-electron chi connectivity index (χ4n) is 0.849. The molecule has 0 spiro atoms. The Morgan fingerprint density at radius 2 is 2.17 bits per heavy atom. The van der Waals surface area contributed by atoms with Crippen LogP contribution in [0.5, 0.6) is 0 Å². The van der Waals surface area contributed by atoms with Crippen molar-refractivity contribution in [1.29, 1.82) is 0 Å². The molecule has 0 aromatic heterocycles. The van der Waals surface area contributed by atoms with E-state index in [2.05, 4.69) is 0 Å². The Hall–Kier alpha value is -0.810. The standard InChI is InChI=1S/C7H17N3O2/c1-10(7(12)9-8)5-3-2-4-6-11/h11H,2-6,8H2,1H3,(H,9,12). The molecule has 0 bridgehead atoms. The molecule has 0 saturated carbocycles. The van der Waals surface area contributed by atoms with Crippen LogP contribution in [0.1, 0.15) is 19.3 Å². The fourth-order valence-corrected chi connectivity index (χ4v) is 0.849. The van der Waals surface area contributed by atoms with Crippen molar-refractivity contribution in [2.75, 3.05) is 20.2 Å². The van der Waals surface area contributed by atoms with Gasteiger partial charge in [-0.05, 0) is 19.3 Å². The lowest BCUT2D eigenvalue weighted by Crippen LogP contribution is -2.41. The normalized spacial score (nSPS) is 9.58. The summed E-state index contributed by atoms with van der Waals surface area (Å²) in [6, 6.07) is -0.279. The van der Waals surface area contributed by atoms with Crippen LogP contribution < -0.4 is 11.3 Å². The van der Waals surface area contributed by atoms with Gasteiger partial charge in [-0.15, -0.1) is 0 Å². The first-order chi connectivity index (χ1) is 5.72. The predicted octanol–water partition coefficient (Wildman–Crippen LogP) is -0.336. The summed E-state index contributed by atoms with van der Waals surface area (Å²) in [7, 11) is 1.68. The first-order valence-corrected chi connectivity index (χ1v) is 4.05. The van der Waals surface area contributed by atoms with Gasteiger partial charge in [-0.25, -0.2) is 10.6 Å². The molecule has 72 valence electrons. The summed E-state index contributed by atoms with van der Waals surface area (Å²) in [5.74, 6) is 4.92. The summed E-state index contributed by atoms with van der Waals surface area (Å²) < 4.78 is 0. The van der Waals surface area contributed by atoms with E-state index in [0.717, 1.165) is 19.3 Å². The molecule has 0 aliphatic heterocycles. The Morgan fingerprint density at radius 3 is 2.67 bits per heavy atom. The van der Waals surface area contributed by atoms with Crippen molar-refractivity contribution in [3.8, 4) is 0 Å². The number of aliphatic hydroxyl groups excluding tert-OH is 1. The lowest BCUT2D eigenvalue weighted by atomic mass is 10.2. The number of unbranched alkanes of at least 4 members (excludes halogenated alkanes) is 2. The molecule has 0 radical (unpaired) electrons. The largest absolute Gasteiger partial charge is 0.396 e. The summed E-state index contributed by atoms with van der Waals surface area (Å²) in [6.45, 7) is 0.885. The number of rotatable bonds is 5. The van der Waals surface area contributed by atoms with Gasteiger partial charge in [0.15, 0.2) is 0 Å². The van der Waals surface area contributed by atoms with Crippen LogP contribution in [0.3, 0.4) is 0 Å². The third kappa shape index (κ3) is 4.92. The highest BCUT2D eigenvalue weighted by Crippen LogP contribution is 1.96. The van der Waals surface area contributed by atoms with E-state index in [1.807, 2.05) is 5.43 Å². The zero-order chi connectivity index (χ0) is 9.40. The van der Waals surface area contributed by atoms with Crippen molar-refractivity contribution in [3.05, 3.63) is 0 Å². The predicted molar refractivity (Wildman–Crippen MR) is 46.3 cm³/mol. The maximum atomic E-state index is 10.8. The molecule has 0 rings (SSSR count). The molecule has 2 amide bonds. The summed E-state index contributed by atoms with van der Waals surface area (Å²) in [4.78, 5) is 12.3. The van der Waals surface area contributed by atoms with E-state index < -0.39 is 0 Å². The minimum absolute atomic E-state index is 0.215. The maximum absolute atomic E-state index is 10.8. The molecule has 0 aromatic carbocycles. The highest BCUT2D eigenvalue weighted by atomic mass is 16.2. The first kappa shape index (κ1) is 11.2. The van der Waals surface area contributed by atoms with E-state index in [4.69, 9.17) is 10.9 Å². The van der Waals surface area contributed by atoms with Gasteiger partial charge in [0, 0.05) is 20.2 Å². The lowest BCUT2D eigenvalue weighted by Gasteiger charge is -2.15. The molecular weight excluding hydrogens is 158 g/mol. The maximum Gasteiger partial charge on any atom is 0.331 e. The van der Waals surface area contributed by atoms with Crippen molar-refractivity contribution in [3.63, 3.8) is 0 Å². The van der Waals surface area contributed by atoms with Crippen molar-refractivity contribution in [2.45, 2.75) is 19.3 Å². The number of hydrogen-bond donors (Lipinski definition) is 3. The molecule has 0 aliphatic rings. The molecule has 0 saturated heterocycles. The van der Waals surface area contributed by atoms with Gasteiger partial charge in [0.05, 0.1) is 0 Å². The second kappa shape index (κ2) is 6.87. The fraction of sp³-hybridized carbons (Fsp3) is 0.857. The van der Waals surface area contributed by atoms with E-state index >= 15 is 0 Å². The number of nitrogens with one attached hydrogen (secondary N) is 1. The van der Waals surface area contributed by atoms with E-state index in [0.29, 0.717) is 6.54 Å². The van der Waals surface area contributed by atoms with Crippen LogP contribution in [0, 0.1) is 0 Å². The Labute approximate surface area is 72.5 Å². The zero-order valence-corrected chi connectivity index (χ0v) is 7.42. The van der Waals surface area contributed by atoms with E-state index in [1.54, 1.807) is 7.05 Å². The molecule has 0 atom stereocenters. The van der Waals surface area contributed by atoms with E-state index in [9.17, 15) is 4.79 Å². The number of carbonyl (C=O) groups excluding carboxylic acids is 1. The van der Waals surface area contributed by atoms with Crippen molar-refractivity contribution in [2.24, 2.45) is 5.84 Å². The third-order valence-electron chi connectivity index (χ3n) is 1.62. The number of hydrogen-bond acceptors (Lipinski definition) is 3. The second-order valence-corrected chi connectivity index (χ2v) is 2.66. The molecule has 0 unspecified atom stereocenters. The summed E-state index contributed by atoms with van der Waals surface area (Å²) in [5.41, 5.74) is 2.04. The summed E-state index contributed by atoms with van der Waals surface area (Å²) >= 11 is 0. The molecule has 0 aromatic rings. The average molecular weight is 175 g/mol. The number of hydrazine groups is 1. The quantitative estimate of drug-likeness (QED) is 0.231. The van der Waals surface area contributed by atoms with Crippen LogP contribution >= 0.6 is 0 Å². The second-order valence-electron chi connectivity index (χ2n) is 2.66. The summed E-state index contributed by atoms with van der Waals surface area (Å²) in [6.07, 6.45) is 2.61. The highest BCUT2D eigenvalue weighted by Gasteiger charge is 2.03. The van der Waals surface area contributed by atoms with Crippen LogP contribution in [0.2, 0.25) is 0 Å². The van der Waals surface area contributed by atoms with Crippen LogP contribution in [-0.2, 0) is 0 Å². The minimum Gasteiger partial charge on any atom is -0.396 e. The molecule has 5 heteroatoms. The van der Waals surface area contributed by atoms with Gasteiger partial charge in [0.2, 0.25) is 0 Å². The van der Waals surface area contributed by atoms with Gasteiger partial charge in [0.25, 0.3) is 0 Å². The lowest BCUT2D eigenvalue weighted by molar-refractivity contribution is 0.207. The van der Waals surface area contributed by atoms with Crippen molar-refractivity contribution < 1.29 is 9.90 Å². The molecule has 0 aliphatic carbocycles. The monoisotopic (exact) mass is 175 g/mol. The van der Waals surface area contributed by atoms with Gasteiger partial charge in [-0.1, -0.05) is 0 Å². The van der Waals surface area contributed by atoms with Crippen LogP contribution in [0.15, 0.2) is 0 Å². The number of nitrogens with zero attached hydrogens (tertiary/aromatic N) is 1. The number of nitrogens with two attached hydrogens (primary N) is 1. The highest BCUT2D eigenvalue weighted by molar-refractivity contribution is 5.72. The van der Waals surface area contributed by atoms with Gasteiger partial charge in [-0.3, -0.25) is 5.43 Å². The first-order valence-electron chi connectivity index (χ1n) is 4.05. The third-order valence-corrected chi connectivity index (χ3v) is 1.62. The molecule has 4 N–H and O–H groups in total. The number of urea groups is 1. The smallest absolute Gasteiger partial charge is 0.331 e. The van der Waals surface area contributed by atoms with Gasteiger partial charge >= 0.3 is 6.03 Å². The Morgan fingerprint density at radius 1 is 1.50 bits per heavy atom. The Bertz CT molecular complexity index is 130. The minimum atomic E-state index is -0.279. The molecule has 0 heterocycles. The molecule has 0 fully saturated rings. The molecule has 5 nitrogen and oxygen atoms in total. The summed E-state index contributed by atoms with van der Waals surface area (Å²) in [5, 5.41) is 8.47. The van der Waals surface area contributed by atoms with Crippen LogP contribution in [0.25, 0.3) is 0 Å². The SMILES string of the molecule is CN(CCCCCO)C(=O)NN. The average Bonchev–Trinajstić information content (AvgIpc) is 2.10. The number of amides is 2. The van der Waals surface area contributed by atoms with Crippen LogP contribution in [-0.4, -0.2) is 36.2 Å². The van der Waals surface area contributed by atoms with Crippen molar-refractivity contribution in [1.82, 2.24) is 10.3 Å². The zero-order valence-electron chi connectivity index (χ0n) is 7.42. The van der Waals surface area contributed by atoms with E-state index in [1.165, 1.54) is 4.90 Å². The topological polar surface area (TPSA) is 78.6 Å². The Balaban J connectivity index is 3.31. The molecular formula is C7H17N3O2. The van der Waals surface area contributed by atoms with E-state index in [-0.39, 0.29) is 12.6 Å². The van der Waals surface area contributed by atoms with Gasteiger partial charge < -0.3 is 10.0 Å². The molecule has 12 heavy (non-hydrogen) atoms. The van der Waals surface area contributed by atoms with Crippen LogP contribution in [0.4, 0.5) is 4.79 Å². The van der Waals surface area contributed by atoms with Gasteiger partial charge in [-0.2, -0.15) is 0 Å². The van der Waals surface area contributed by atoms with Crippen molar-refractivity contribution >= 4 is 6.03 Å². The Kier molecular flexibility index (Phi) is 6.41. The number of carbonyl (C=O) groups is 1. The van der Waals surface area contributed by atoms with Gasteiger partial charge in [0.1, 0.15) is 0 Å².